The Balaban J connectivity index is 1.73. The number of ether oxygens (including phenoxy) is 1. The van der Waals surface area contributed by atoms with Gasteiger partial charge in [-0.05, 0) is 55.5 Å². The van der Waals surface area contributed by atoms with E-state index in [-0.39, 0.29) is 11.5 Å². The van der Waals surface area contributed by atoms with E-state index in [1.165, 1.54) is 10.7 Å². The number of allylic oxidation sites excluding steroid dienone is 1. The highest BCUT2D eigenvalue weighted by Crippen LogP contribution is 2.31. The second-order valence-corrected chi connectivity index (χ2v) is 10.2. The summed E-state index contributed by atoms with van der Waals surface area (Å²) in [4.78, 5) is 6.43. The lowest BCUT2D eigenvalue weighted by atomic mass is 9.84. The van der Waals surface area contributed by atoms with Gasteiger partial charge in [-0.15, -0.1) is 21.5 Å². The highest BCUT2D eigenvalue weighted by atomic mass is 32.1. The quantitative estimate of drug-likeness (QED) is 0.398. The van der Waals surface area contributed by atoms with Crippen molar-refractivity contribution in [2.24, 2.45) is 5.41 Å². The van der Waals surface area contributed by atoms with Crippen molar-refractivity contribution in [1.29, 1.82) is 0 Å². The van der Waals surface area contributed by atoms with Gasteiger partial charge in [0, 0.05) is 22.4 Å². The molecule has 3 aromatic rings. The fourth-order valence-electron chi connectivity index (χ4n) is 3.30. The van der Waals surface area contributed by atoms with Crippen molar-refractivity contribution in [3.05, 3.63) is 45.9 Å². The van der Waals surface area contributed by atoms with Crippen LogP contribution in [0.1, 0.15) is 76.2 Å². The minimum absolute atomic E-state index is 0.116. The Bertz CT molecular complexity index is 1030. The molecule has 2 aromatic heterocycles. The molecule has 2 heterocycles. The van der Waals surface area contributed by atoms with Gasteiger partial charge in [-0.25, -0.2) is 4.98 Å². The first-order valence-electron chi connectivity index (χ1n) is 10.8. The number of rotatable bonds is 9. The summed E-state index contributed by atoms with van der Waals surface area (Å²) in [5.41, 5.74) is 3.24. The third-order valence-electron chi connectivity index (χ3n) is 5.07. The van der Waals surface area contributed by atoms with Gasteiger partial charge in [-0.3, -0.25) is 0 Å². The van der Waals surface area contributed by atoms with Crippen LogP contribution in [-0.4, -0.2) is 32.3 Å². The number of aromatic nitrogens is 5. The largest absolute Gasteiger partial charge is 0.496 e. The minimum atomic E-state index is 0.116. The van der Waals surface area contributed by atoms with Crippen LogP contribution in [-0.2, 0) is 6.42 Å². The van der Waals surface area contributed by atoms with E-state index in [1.807, 2.05) is 26.0 Å². The van der Waals surface area contributed by atoms with Gasteiger partial charge in [0.15, 0.2) is 0 Å². The summed E-state index contributed by atoms with van der Waals surface area (Å²) in [6, 6.07) is 6.16. The lowest BCUT2D eigenvalue weighted by molar-refractivity contribution is 0.365. The zero-order valence-electron chi connectivity index (χ0n) is 19.6. The van der Waals surface area contributed by atoms with Crippen LogP contribution >= 0.6 is 11.3 Å². The number of thiazole rings is 1. The van der Waals surface area contributed by atoms with Gasteiger partial charge < -0.3 is 4.74 Å². The summed E-state index contributed by atoms with van der Waals surface area (Å²) in [5.74, 6) is 1.93. The molecule has 3 rings (SSSR count). The van der Waals surface area contributed by atoms with Crippen LogP contribution in [0.2, 0.25) is 0 Å². The first kappa shape index (κ1) is 23.1. The monoisotopic (exact) mass is 439 g/mol. The second-order valence-electron chi connectivity index (χ2n) is 9.26. The van der Waals surface area contributed by atoms with Crippen LogP contribution in [0.5, 0.6) is 5.75 Å². The molecule has 1 aromatic carbocycles. The highest BCUT2D eigenvalue weighted by Gasteiger charge is 2.19. The maximum Gasteiger partial charge on any atom is 0.204 e. The van der Waals surface area contributed by atoms with E-state index >= 15 is 0 Å². The lowest BCUT2D eigenvalue weighted by Crippen LogP contribution is -2.14. The number of methoxy groups -OCH3 is 1. The van der Waals surface area contributed by atoms with Crippen molar-refractivity contribution >= 4 is 17.4 Å². The molecule has 0 spiro atoms. The van der Waals surface area contributed by atoms with Gasteiger partial charge in [0.25, 0.3) is 0 Å². The summed E-state index contributed by atoms with van der Waals surface area (Å²) in [6.45, 7) is 13.0. The molecule has 0 fully saturated rings. The van der Waals surface area contributed by atoms with Gasteiger partial charge in [0.2, 0.25) is 5.82 Å². The molecule has 7 heteroatoms. The molecule has 0 atom stereocenters. The standard InChI is InChI=1S/C24H33N5OS/c1-16(2)23-25-20(15-31-23)14-24(5,6)12-8-9-18-13-19(10-11-21(18)30-7)22-26-28-29(27-22)17(3)4/h8-11,13,15-17H,12,14H2,1-7H3. The Morgan fingerprint density at radius 1 is 1.19 bits per heavy atom. The molecule has 0 saturated carbocycles. The van der Waals surface area contributed by atoms with E-state index in [2.05, 4.69) is 66.7 Å². The van der Waals surface area contributed by atoms with E-state index in [0.29, 0.717) is 11.7 Å². The van der Waals surface area contributed by atoms with Crippen molar-refractivity contribution in [1.82, 2.24) is 25.2 Å². The normalized spacial score (nSPS) is 12.4. The molecule has 31 heavy (non-hydrogen) atoms. The van der Waals surface area contributed by atoms with Crippen molar-refractivity contribution in [3.63, 3.8) is 0 Å². The number of nitrogens with zero attached hydrogens (tertiary/aromatic N) is 5. The molecule has 166 valence electrons. The number of benzene rings is 1. The average Bonchev–Trinajstić information content (AvgIpc) is 3.37. The van der Waals surface area contributed by atoms with E-state index in [4.69, 9.17) is 9.72 Å². The van der Waals surface area contributed by atoms with Crippen LogP contribution in [0, 0.1) is 5.41 Å². The third kappa shape index (κ3) is 6.00. The van der Waals surface area contributed by atoms with Crippen LogP contribution < -0.4 is 4.74 Å². The van der Waals surface area contributed by atoms with Gasteiger partial charge in [0.1, 0.15) is 5.75 Å². The Labute approximate surface area is 189 Å². The van der Waals surface area contributed by atoms with E-state index < -0.39 is 0 Å². The Morgan fingerprint density at radius 3 is 2.58 bits per heavy atom. The van der Waals surface area contributed by atoms with Gasteiger partial charge in [-0.1, -0.05) is 39.8 Å². The predicted octanol–water partition coefficient (Wildman–Crippen LogP) is 6.18. The topological polar surface area (TPSA) is 65.7 Å². The van der Waals surface area contributed by atoms with E-state index in [9.17, 15) is 0 Å². The highest BCUT2D eigenvalue weighted by molar-refractivity contribution is 7.09. The first-order chi connectivity index (χ1) is 14.7. The Morgan fingerprint density at radius 2 is 1.97 bits per heavy atom. The number of tetrazole rings is 1. The zero-order chi connectivity index (χ0) is 22.6. The van der Waals surface area contributed by atoms with Crippen molar-refractivity contribution in [3.8, 4) is 17.1 Å². The van der Waals surface area contributed by atoms with Crippen molar-refractivity contribution < 1.29 is 4.74 Å². The molecule has 0 bridgehead atoms. The predicted molar refractivity (Wildman–Crippen MR) is 128 cm³/mol. The lowest BCUT2D eigenvalue weighted by Gasteiger charge is -2.21. The number of hydrogen-bond acceptors (Lipinski definition) is 6. The van der Waals surface area contributed by atoms with Crippen LogP contribution in [0.25, 0.3) is 17.5 Å². The molecule has 0 N–H and O–H groups in total. The Hall–Kier alpha value is -2.54. The average molecular weight is 440 g/mol. The van der Waals surface area contributed by atoms with Gasteiger partial charge >= 0.3 is 0 Å². The molecule has 0 aliphatic carbocycles. The van der Waals surface area contributed by atoms with Crippen molar-refractivity contribution in [2.45, 2.75) is 66.3 Å². The molecule has 0 unspecified atom stereocenters. The van der Waals surface area contributed by atoms with Crippen LogP contribution in [0.4, 0.5) is 0 Å². The fraction of sp³-hybridized carbons (Fsp3) is 0.500. The summed E-state index contributed by atoms with van der Waals surface area (Å²) in [7, 11) is 1.69. The van der Waals surface area contributed by atoms with Gasteiger partial charge in [0.05, 0.1) is 23.9 Å². The number of hydrogen-bond donors (Lipinski definition) is 0. The fourth-order valence-corrected chi connectivity index (χ4v) is 4.13. The molecule has 0 saturated heterocycles. The first-order valence-corrected chi connectivity index (χ1v) is 11.7. The summed E-state index contributed by atoms with van der Waals surface area (Å²) >= 11 is 1.76. The van der Waals surface area contributed by atoms with Gasteiger partial charge in [-0.2, -0.15) is 4.80 Å². The minimum Gasteiger partial charge on any atom is -0.496 e. The molecular weight excluding hydrogens is 406 g/mol. The summed E-state index contributed by atoms with van der Waals surface area (Å²) in [6.07, 6.45) is 6.24. The molecule has 0 amide bonds. The Kier molecular flexibility index (Phi) is 7.26. The summed E-state index contributed by atoms with van der Waals surface area (Å²) in [5, 5.41) is 16.2. The SMILES string of the molecule is COc1ccc(-c2nnn(C(C)C)n2)cc1C=CCC(C)(C)Cc1csc(C(C)C)n1. The maximum absolute atomic E-state index is 5.56. The smallest absolute Gasteiger partial charge is 0.204 e. The molecule has 0 aliphatic heterocycles. The van der Waals surface area contributed by atoms with Crippen molar-refractivity contribution in [2.75, 3.05) is 7.11 Å². The molecular formula is C24H33N5OS. The molecule has 0 radical (unpaired) electrons. The second kappa shape index (κ2) is 9.73. The summed E-state index contributed by atoms with van der Waals surface area (Å²) < 4.78 is 5.56. The maximum atomic E-state index is 5.56. The molecule has 0 aliphatic rings. The van der Waals surface area contributed by atoms with E-state index in [0.717, 1.165) is 29.7 Å². The van der Waals surface area contributed by atoms with Crippen LogP contribution in [0.15, 0.2) is 29.7 Å². The van der Waals surface area contributed by atoms with E-state index in [1.54, 1.807) is 23.2 Å². The van der Waals surface area contributed by atoms with Crippen LogP contribution in [0.3, 0.4) is 0 Å². The third-order valence-corrected chi connectivity index (χ3v) is 6.26. The zero-order valence-corrected chi connectivity index (χ0v) is 20.4. The molecule has 6 nitrogen and oxygen atoms in total.